The fourth-order valence-electron chi connectivity index (χ4n) is 0.827. The molecule has 0 aromatic carbocycles. The second-order valence-electron chi connectivity index (χ2n) is 3.68. The van der Waals surface area contributed by atoms with Crippen molar-refractivity contribution in [3.8, 4) is 0 Å². The van der Waals surface area contributed by atoms with E-state index in [0.717, 1.165) is 6.42 Å². The van der Waals surface area contributed by atoms with E-state index in [0.29, 0.717) is 12.4 Å². The Balaban J connectivity index is 4.12. The van der Waals surface area contributed by atoms with Crippen LogP contribution >= 0.6 is 0 Å². The lowest BCUT2D eigenvalue weighted by atomic mass is 10.2. The van der Waals surface area contributed by atoms with E-state index >= 15 is 0 Å². The molecule has 0 spiro atoms. The number of amides is 1. The number of aliphatic imine (C=N–C) groups is 1. The lowest BCUT2D eigenvalue weighted by Gasteiger charge is -2.10. The zero-order valence-electron chi connectivity index (χ0n) is 9.50. The molecule has 0 fully saturated rings. The number of nitrogens with zero attached hydrogens (tertiary/aromatic N) is 1. The number of amidine groups is 1. The van der Waals surface area contributed by atoms with Crippen molar-refractivity contribution in [1.82, 2.24) is 5.32 Å². The number of carbonyl (C=O) groups is 1. The molecule has 1 unspecified atom stereocenters. The number of hydrogen-bond donors (Lipinski definition) is 2. The molecule has 0 rings (SSSR count). The minimum absolute atomic E-state index is 0.0598. The highest BCUT2D eigenvalue weighted by atomic mass is 16.2. The maximum Gasteiger partial charge on any atom is 0.244 e. The molecule has 82 valence electrons. The van der Waals surface area contributed by atoms with Crippen LogP contribution in [0.2, 0.25) is 0 Å². The van der Waals surface area contributed by atoms with Crippen molar-refractivity contribution >= 4 is 11.7 Å². The molecule has 0 bridgehead atoms. The van der Waals surface area contributed by atoms with E-state index in [4.69, 9.17) is 5.73 Å². The topological polar surface area (TPSA) is 67.5 Å². The number of nitrogens with one attached hydrogen (secondary N) is 1. The first-order valence-electron chi connectivity index (χ1n) is 5.09. The molecule has 0 aliphatic rings. The van der Waals surface area contributed by atoms with Crippen LogP contribution in [-0.4, -0.2) is 24.3 Å². The van der Waals surface area contributed by atoms with E-state index in [9.17, 15) is 4.79 Å². The lowest BCUT2D eigenvalue weighted by Crippen LogP contribution is -2.34. The van der Waals surface area contributed by atoms with Crippen molar-refractivity contribution in [1.29, 1.82) is 0 Å². The third-order valence-electron chi connectivity index (χ3n) is 1.86. The largest absolute Gasteiger partial charge is 0.387 e. The van der Waals surface area contributed by atoms with Crippen LogP contribution in [-0.2, 0) is 4.79 Å². The van der Waals surface area contributed by atoms with Gasteiger partial charge in [0, 0.05) is 12.5 Å². The highest BCUT2D eigenvalue weighted by molar-refractivity contribution is 5.88. The summed E-state index contributed by atoms with van der Waals surface area (Å²) in [5, 5.41) is 2.77. The minimum Gasteiger partial charge on any atom is -0.387 e. The normalized spacial score (nSPS) is 14.2. The van der Waals surface area contributed by atoms with Crippen LogP contribution in [0.1, 0.15) is 34.1 Å². The quantitative estimate of drug-likeness (QED) is 0.510. The van der Waals surface area contributed by atoms with Crippen molar-refractivity contribution < 1.29 is 4.79 Å². The van der Waals surface area contributed by atoms with Crippen LogP contribution in [0, 0.1) is 5.92 Å². The average molecular weight is 199 g/mol. The van der Waals surface area contributed by atoms with Gasteiger partial charge in [-0.2, -0.15) is 0 Å². The third kappa shape index (κ3) is 4.84. The van der Waals surface area contributed by atoms with Gasteiger partial charge in [0.05, 0.1) is 5.84 Å². The average Bonchev–Trinajstić information content (AvgIpc) is 2.13. The highest BCUT2D eigenvalue weighted by Gasteiger charge is 2.11. The molecule has 4 nitrogen and oxygen atoms in total. The van der Waals surface area contributed by atoms with Gasteiger partial charge in [-0.25, -0.2) is 0 Å². The first-order chi connectivity index (χ1) is 6.49. The summed E-state index contributed by atoms with van der Waals surface area (Å²) >= 11 is 0. The summed E-state index contributed by atoms with van der Waals surface area (Å²) in [6, 6.07) is -0.385. The molecule has 0 radical (unpaired) electrons. The molecule has 0 saturated heterocycles. The molecule has 0 aliphatic carbocycles. The lowest BCUT2D eigenvalue weighted by molar-refractivity contribution is -0.121. The molecule has 14 heavy (non-hydrogen) atoms. The zero-order chi connectivity index (χ0) is 11.1. The Labute approximate surface area is 86.0 Å². The summed E-state index contributed by atoms with van der Waals surface area (Å²) in [4.78, 5) is 15.5. The molecule has 0 saturated carbocycles. The van der Waals surface area contributed by atoms with E-state index < -0.39 is 0 Å². The predicted molar refractivity (Wildman–Crippen MR) is 59.2 cm³/mol. The summed E-state index contributed by atoms with van der Waals surface area (Å²) in [5.41, 5.74) is 5.65. The fraction of sp³-hybridized carbons (Fsp3) is 0.800. The second-order valence-corrected chi connectivity index (χ2v) is 3.68. The maximum atomic E-state index is 11.4. The molecule has 1 amide bonds. The van der Waals surface area contributed by atoms with Gasteiger partial charge in [-0.3, -0.25) is 9.79 Å². The van der Waals surface area contributed by atoms with Crippen molar-refractivity contribution in [3.63, 3.8) is 0 Å². The first-order valence-corrected chi connectivity index (χ1v) is 5.09. The molecular weight excluding hydrogens is 178 g/mol. The van der Waals surface area contributed by atoms with Crippen LogP contribution in [0.5, 0.6) is 0 Å². The van der Waals surface area contributed by atoms with Crippen LogP contribution in [0.15, 0.2) is 4.99 Å². The molecular formula is C10H21N3O. The van der Waals surface area contributed by atoms with Crippen LogP contribution < -0.4 is 11.1 Å². The maximum absolute atomic E-state index is 11.4. The van der Waals surface area contributed by atoms with E-state index in [1.54, 1.807) is 6.92 Å². The summed E-state index contributed by atoms with van der Waals surface area (Å²) in [7, 11) is 0. The van der Waals surface area contributed by atoms with Gasteiger partial charge in [-0.05, 0) is 13.3 Å². The van der Waals surface area contributed by atoms with Crippen molar-refractivity contribution in [2.24, 2.45) is 16.6 Å². The van der Waals surface area contributed by atoms with Crippen LogP contribution in [0.25, 0.3) is 0 Å². The number of rotatable bonds is 5. The van der Waals surface area contributed by atoms with Gasteiger partial charge >= 0.3 is 0 Å². The Bertz CT molecular complexity index is 211. The Morgan fingerprint density at radius 2 is 2.00 bits per heavy atom. The summed E-state index contributed by atoms with van der Waals surface area (Å²) in [5.74, 6) is 0.663. The molecule has 1 atom stereocenters. The van der Waals surface area contributed by atoms with Crippen LogP contribution in [0.3, 0.4) is 0 Å². The van der Waals surface area contributed by atoms with Crippen LogP contribution in [0.4, 0.5) is 0 Å². The van der Waals surface area contributed by atoms with Crippen molar-refractivity contribution in [2.75, 3.05) is 6.54 Å². The monoisotopic (exact) mass is 199 g/mol. The SMILES string of the molecule is CCCNC(=O)C(C)N=C(N)C(C)C. The minimum atomic E-state index is -0.385. The van der Waals surface area contributed by atoms with Gasteiger partial charge in [0.2, 0.25) is 5.91 Å². The van der Waals surface area contributed by atoms with Crippen molar-refractivity contribution in [2.45, 2.75) is 40.2 Å². The zero-order valence-corrected chi connectivity index (χ0v) is 9.50. The first kappa shape index (κ1) is 12.9. The molecule has 3 N–H and O–H groups in total. The van der Waals surface area contributed by atoms with Gasteiger partial charge < -0.3 is 11.1 Å². The molecule has 0 aromatic heterocycles. The standard InChI is InChI=1S/C10H21N3O/c1-5-6-12-10(14)8(4)13-9(11)7(2)3/h7-8H,5-6H2,1-4H3,(H2,11,13)(H,12,14). The van der Waals surface area contributed by atoms with E-state index in [-0.39, 0.29) is 17.9 Å². The molecule has 0 aromatic rings. The second kappa shape index (κ2) is 6.40. The Morgan fingerprint density at radius 3 is 2.43 bits per heavy atom. The molecule has 0 heterocycles. The number of hydrogen-bond acceptors (Lipinski definition) is 2. The van der Waals surface area contributed by atoms with Crippen molar-refractivity contribution in [3.05, 3.63) is 0 Å². The van der Waals surface area contributed by atoms with E-state index in [1.165, 1.54) is 0 Å². The Hall–Kier alpha value is -1.06. The summed E-state index contributed by atoms with van der Waals surface area (Å²) in [6.45, 7) is 8.36. The predicted octanol–water partition coefficient (Wildman–Crippen LogP) is 0.914. The van der Waals surface area contributed by atoms with Gasteiger partial charge in [0.25, 0.3) is 0 Å². The Morgan fingerprint density at radius 1 is 1.43 bits per heavy atom. The Kier molecular flexibility index (Phi) is 5.92. The molecule has 0 aliphatic heterocycles. The van der Waals surface area contributed by atoms with E-state index in [1.807, 2.05) is 20.8 Å². The highest BCUT2D eigenvalue weighted by Crippen LogP contribution is 1.96. The van der Waals surface area contributed by atoms with Gasteiger partial charge in [-0.1, -0.05) is 20.8 Å². The third-order valence-corrected chi connectivity index (χ3v) is 1.86. The summed E-state index contributed by atoms with van der Waals surface area (Å²) in [6.07, 6.45) is 0.932. The fourth-order valence-corrected chi connectivity index (χ4v) is 0.827. The molecule has 4 heteroatoms. The smallest absolute Gasteiger partial charge is 0.244 e. The van der Waals surface area contributed by atoms with Gasteiger partial charge in [-0.15, -0.1) is 0 Å². The van der Waals surface area contributed by atoms with Gasteiger partial charge in [0.15, 0.2) is 0 Å². The number of carbonyl (C=O) groups excluding carboxylic acids is 1. The summed E-state index contributed by atoms with van der Waals surface area (Å²) < 4.78 is 0. The van der Waals surface area contributed by atoms with Gasteiger partial charge in [0.1, 0.15) is 6.04 Å². The van der Waals surface area contributed by atoms with E-state index in [2.05, 4.69) is 10.3 Å². The number of nitrogens with two attached hydrogens (primary N) is 1.